The van der Waals surface area contributed by atoms with E-state index in [0.29, 0.717) is 24.9 Å². The highest BCUT2D eigenvalue weighted by molar-refractivity contribution is 5.90. The van der Waals surface area contributed by atoms with Crippen LogP contribution >= 0.6 is 0 Å². The summed E-state index contributed by atoms with van der Waals surface area (Å²) in [6.45, 7) is 14.9. The van der Waals surface area contributed by atoms with Gasteiger partial charge in [0.05, 0.1) is 12.0 Å². The number of nitrogens with one attached hydrogen (secondary N) is 2. The highest BCUT2D eigenvalue weighted by Crippen LogP contribution is 2.37. The summed E-state index contributed by atoms with van der Waals surface area (Å²) in [7, 11) is 0. The molecule has 0 aromatic heterocycles. The zero-order valence-corrected chi connectivity index (χ0v) is 20.0. The van der Waals surface area contributed by atoms with E-state index in [0.717, 1.165) is 64.8 Å². The number of ether oxygens (including phenoxy) is 1. The number of carbonyl (C=O) groups excluding carboxylic acids is 2. The van der Waals surface area contributed by atoms with Crippen molar-refractivity contribution >= 4 is 11.8 Å². The van der Waals surface area contributed by atoms with Crippen molar-refractivity contribution < 1.29 is 14.3 Å². The van der Waals surface area contributed by atoms with Gasteiger partial charge in [0.1, 0.15) is 6.04 Å². The monoisotopic (exact) mass is 423 g/mol. The van der Waals surface area contributed by atoms with E-state index in [1.807, 2.05) is 6.92 Å². The van der Waals surface area contributed by atoms with Crippen LogP contribution in [-0.4, -0.2) is 61.6 Å². The summed E-state index contributed by atoms with van der Waals surface area (Å²) in [6.07, 6.45) is 6.46. The van der Waals surface area contributed by atoms with Crippen molar-refractivity contribution in [2.45, 2.75) is 91.6 Å². The van der Waals surface area contributed by atoms with Gasteiger partial charge in [-0.3, -0.25) is 9.59 Å². The molecule has 2 amide bonds. The molecule has 2 heterocycles. The standard InChI is InChI=1S/C24H45N3O3/c1-18(2)15-21-22(28)25-20(5)17-30-14-8-6-7-9-24(23(29)26-21)10-12-27(13-11-24)16-19(3)4/h18-21H,6-17H2,1-5H3,(H,25,28)(H,26,29)/t20-,21+/m1/s1. The van der Waals surface area contributed by atoms with Crippen molar-refractivity contribution in [2.24, 2.45) is 17.3 Å². The number of rotatable bonds is 4. The molecule has 174 valence electrons. The fraction of sp³-hybridized carbons (Fsp3) is 0.917. The molecule has 6 nitrogen and oxygen atoms in total. The first kappa shape index (κ1) is 25.1. The molecule has 6 heteroatoms. The molecule has 30 heavy (non-hydrogen) atoms. The predicted octanol–water partition coefficient (Wildman–Crippen LogP) is 3.35. The van der Waals surface area contributed by atoms with Crippen molar-refractivity contribution in [3.8, 4) is 0 Å². The molecule has 2 aliphatic rings. The number of amides is 2. The van der Waals surface area contributed by atoms with Crippen LogP contribution in [0, 0.1) is 17.3 Å². The Hall–Kier alpha value is -1.14. The van der Waals surface area contributed by atoms with Gasteiger partial charge in [-0.05, 0) is 64.0 Å². The SMILES string of the molecule is CC(C)C[C@@H]1NC(=O)C2(CCCCCOC[C@@H](C)NC1=O)CCN(CC(C)C)CC2. The summed E-state index contributed by atoms with van der Waals surface area (Å²) in [5.41, 5.74) is -0.348. The highest BCUT2D eigenvalue weighted by Gasteiger charge is 2.42. The molecule has 2 aliphatic heterocycles. The third-order valence-electron chi connectivity index (χ3n) is 6.45. The van der Waals surface area contributed by atoms with E-state index >= 15 is 0 Å². The van der Waals surface area contributed by atoms with Gasteiger partial charge < -0.3 is 20.3 Å². The average molecular weight is 424 g/mol. The Morgan fingerprint density at radius 1 is 1.00 bits per heavy atom. The Kier molecular flexibility index (Phi) is 10.1. The predicted molar refractivity (Wildman–Crippen MR) is 121 cm³/mol. The smallest absolute Gasteiger partial charge is 0.242 e. The number of hydrogen-bond acceptors (Lipinski definition) is 4. The quantitative estimate of drug-likeness (QED) is 0.727. The van der Waals surface area contributed by atoms with Crippen molar-refractivity contribution in [3.05, 3.63) is 0 Å². The topological polar surface area (TPSA) is 70.7 Å². The normalized spacial score (nSPS) is 27.7. The molecule has 2 fully saturated rings. The second-order valence-corrected chi connectivity index (χ2v) is 10.4. The van der Waals surface area contributed by atoms with E-state index in [1.54, 1.807) is 0 Å². The van der Waals surface area contributed by atoms with Crippen LogP contribution in [0.1, 0.15) is 79.6 Å². The molecule has 0 saturated carbocycles. The number of carbonyl (C=O) groups is 2. The van der Waals surface area contributed by atoms with Crippen LogP contribution in [0.5, 0.6) is 0 Å². The lowest BCUT2D eigenvalue weighted by Crippen LogP contribution is -2.56. The lowest BCUT2D eigenvalue weighted by molar-refractivity contribution is -0.139. The van der Waals surface area contributed by atoms with Crippen LogP contribution in [-0.2, 0) is 14.3 Å². The summed E-state index contributed by atoms with van der Waals surface area (Å²) in [5, 5.41) is 6.22. The summed E-state index contributed by atoms with van der Waals surface area (Å²) in [4.78, 5) is 29.0. The van der Waals surface area contributed by atoms with Gasteiger partial charge >= 0.3 is 0 Å². The summed E-state index contributed by atoms with van der Waals surface area (Å²) < 4.78 is 5.76. The van der Waals surface area contributed by atoms with Gasteiger partial charge in [-0.2, -0.15) is 0 Å². The largest absolute Gasteiger partial charge is 0.379 e. The van der Waals surface area contributed by atoms with Gasteiger partial charge in [-0.1, -0.05) is 40.5 Å². The van der Waals surface area contributed by atoms with E-state index in [9.17, 15) is 9.59 Å². The first-order chi connectivity index (χ1) is 14.2. The maximum absolute atomic E-state index is 13.6. The maximum Gasteiger partial charge on any atom is 0.242 e. The number of likely N-dealkylation sites (tertiary alicyclic amines) is 1. The molecule has 0 aromatic carbocycles. The Morgan fingerprint density at radius 3 is 2.33 bits per heavy atom. The molecule has 0 bridgehead atoms. The summed E-state index contributed by atoms with van der Waals surface area (Å²) >= 11 is 0. The molecule has 2 saturated heterocycles. The van der Waals surface area contributed by atoms with Crippen LogP contribution in [0.3, 0.4) is 0 Å². The molecule has 0 radical (unpaired) electrons. The first-order valence-electron chi connectivity index (χ1n) is 12.1. The minimum atomic E-state index is -0.478. The zero-order valence-electron chi connectivity index (χ0n) is 20.0. The highest BCUT2D eigenvalue weighted by atomic mass is 16.5. The Morgan fingerprint density at radius 2 is 1.70 bits per heavy atom. The number of piperidine rings is 1. The molecule has 0 aromatic rings. The van der Waals surface area contributed by atoms with Crippen molar-refractivity contribution in [1.82, 2.24) is 15.5 Å². The van der Waals surface area contributed by atoms with Crippen molar-refractivity contribution in [3.63, 3.8) is 0 Å². The second kappa shape index (κ2) is 12.0. The molecule has 0 aliphatic carbocycles. The van der Waals surface area contributed by atoms with Gasteiger partial charge in [0.25, 0.3) is 0 Å². The van der Waals surface area contributed by atoms with Crippen LogP contribution in [0.15, 0.2) is 0 Å². The average Bonchev–Trinajstić information content (AvgIpc) is 2.66. The lowest BCUT2D eigenvalue weighted by atomic mass is 9.73. The minimum absolute atomic E-state index is 0.0553. The third-order valence-corrected chi connectivity index (χ3v) is 6.45. The van der Waals surface area contributed by atoms with Crippen LogP contribution in [0.25, 0.3) is 0 Å². The van der Waals surface area contributed by atoms with Crippen molar-refractivity contribution in [1.29, 1.82) is 0 Å². The fourth-order valence-electron chi connectivity index (χ4n) is 4.77. The van der Waals surface area contributed by atoms with E-state index in [-0.39, 0.29) is 23.3 Å². The first-order valence-corrected chi connectivity index (χ1v) is 12.1. The maximum atomic E-state index is 13.6. The van der Waals surface area contributed by atoms with Crippen molar-refractivity contribution in [2.75, 3.05) is 32.8 Å². The van der Waals surface area contributed by atoms with Gasteiger partial charge in [-0.15, -0.1) is 0 Å². The molecule has 2 N–H and O–H groups in total. The summed E-state index contributed by atoms with van der Waals surface area (Å²) in [5.74, 6) is 0.972. The third kappa shape index (κ3) is 7.84. The van der Waals surface area contributed by atoms with Crippen LogP contribution in [0.2, 0.25) is 0 Å². The number of nitrogens with zero attached hydrogens (tertiary/aromatic N) is 1. The minimum Gasteiger partial charge on any atom is -0.379 e. The Bertz CT molecular complexity index is 542. The fourth-order valence-corrected chi connectivity index (χ4v) is 4.77. The van der Waals surface area contributed by atoms with Gasteiger partial charge in [0.2, 0.25) is 11.8 Å². The van der Waals surface area contributed by atoms with Crippen LogP contribution < -0.4 is 10.6 Å². The van der Waals surface area contributed by atoms with Gasteiger partial charge in [-0.25, -0.2) is 0 Å². The van der Waals surface area contributed by atoms with E-state index < -0.39 is 6.04 Å². The molecular weight excluding hydrogens is 378 g/mol. The van der Waals surface area contributed by atoms with Gasteiger partial charge in [0, 0.05) is 19.2 Å². The van der Waals surface area contributed by atoms with E-state index in [1.165, 1.54) is 0 Å². The number of hydrogen-bond donors (Lipinski definition) is 2. The second-order valence-electron chi connectivity index (χ2n) is 10.4. The van der Waals surface area contributed by atoms with E-state index in [4.69, 9.17) is 4.74 Å². The Labute approximate surface area is 183 Å². The zero-order chi connectivity index (χ0) is 22.1. The Balaban J connectivity index is 2.15. The summed E-state index contributed by atoms with van der Waals surface area (Å²) in [6, 6.07) is -0.534. The molecular formula is C24H45N3O3. The van der Waals surface area contributed by atoms with E-state index in [2.05, 4.69) is 43.2 Å². The molecule has 0 unspecified atom stereocenters. The lowest BCUT2D eigenvalue weighted by Gasteiger charge is -2.42. The van der Waals surface area contributed by atoms with Gasteiger partial charge in [0.15, 0.2) is 0 Å². The molecule has 2 rings (SSSR count). The van der Waals surface area contributed by atoms with Crippen LogP contribution in [0.4, 0.5) is 0 Å². The molecule has 1 spiro atoms. The molecule has 2 atom stereocenters.